The fourth-order valence-electron chi connectivity index (χ4n) is 2.65. The van der Waals surface area contributed by atoms with Crippen LogP contribution in [0.25, 0.3) is 0 Å². The second-order valence-electron chi connectivity index (χ2n) is 6.09. The quantitative estimate of drug-likeness (QED) is 0.803. The van der Waals surface area contributed by atoms with Gasteiger partial charge in [0.15, 0.2) is 0 Å². The molecule has 0 bridgehead atoms. The van der Waals surface area contributed by atoms with E-state index in [1.54, 1.807) is 0 Å². The molecule has 5 nitrogen and oxygen atoms in total. The molecule has 0 radical (unpaired) electrons. The van der Waals surface area contributed by atoms with Crippen molar-refractivity contribution in [3.8, 4) is 0 Å². The third-order valence-electron chi connectivity index (χ3n) is 4.07. The molecule has 1 atom stereocenters. The maximum atomic E-state index is 12.2. The first kappa shape index (κ1) is 13.3. The molecule has 0 spiro atoms. The summed E-state index contributed by atoms with van der Waals surface area (Å²) in [5.74, 6) is -0.348. The Kier molecular flexibility index (Phi) is 3.61. The zero-order valence-electron chi connectivity index (χ0n) is 11.2. The number of carbonyl (C=O) groups is 2. The number of rotatable bonds is 3. The first-order chi connectivity index (χ1) is 8.40. The van der Waals surface area contributed by atoms with E-state index in [0.717, 1.165) is 25.9 Å². The number of hydrogen-bond acceptors (Lipinski definition) is 3. The normalized spacial score (nSPS) is 27.7. The minimum atomic E-state index is -0.793. The molecule has 1 heterocycles. The number of nitrogens with zero attached hydrogens (tertiary/aromatic N) is 2. The van der Waals surface area contributed by atoms with Gasteiger partial charge >= 0.3 is 5.97 Å². The summed E-state index contributed by atoms with van der Waals surface area (Å²) in [6.45, 7) is 7.21. The van der Waals surface area contributed by atoms with E-state index in [-0.39, 0.29) is 23.8 Å². The molecule has 1 amide bonds. The van der Waals surface area contributed by atoms with E-state index in [2.05, 4.69) is 13.8 Å². The number of amides is 1. The van der Waals surface area contributed by atoms with Crippen molar-refractivity contribution in [2.45, 2.75) is 26.7 Å². The molecule has 1 aliphatic carbocycles. The molecule has 1 aliphatic heterocycles. The third-order valence-corrected chi connectivity index (χ3v) is 4.07. The van der Waals surface area contributed by atoms with Crippen molar-refractivity contribution in [1.29, 1.82) is 0 Å². The molecule has 1 N–H and O–H groups in total. The van der Waals surface area contributed by atoms with Crippen molar-refractivity contribution in [3.63, 3.8) is 0 Å². The largest absolute Gasteiger partial charge is 0.480 e. The van der Waals surface area contributed by atoms with Gasteiger partial charge in [-0.05, 0) is 18.3 Å². The summed E-state index contributed by atoms with van der Waals surface area (Å²) >= 11 is 0. The summed E-state index contributed by atoms with van der Waals surface area (Å²) in [6, 6.07) is 0. The maximum Gasteiger partial charge on any atom is 0.317 e. The molecule has 18 heavy (non-hydrogen) atoms. The fourth-order valence-corrected chi connectivity index (χ4v) is 2.65. The Balaban J connectivity index is 1.85. The number of carbonyl (C=O) groups excluding carboxylic acids is 1. The van der Waals surface area contributed by atoms with Gasteiger partial charge in [-0.3, -0.25) is 14.5 Å². The van der Waals surface area contributed by atoms with Crippen LogP contribution in [0.2, 0.25) is 0 Å². The van der Waals surface area contributed by atoms with E-state index in [9.17, 15) is 9.59 Å². The molecule has 2 aliphatic rings. The van der Waals surface area contributed by atoms with Crippen molar-refractivity contribution >= 4 is 11.9 Å². The van der Waals surface area contributed by atoms with Gasteiger partial charge < -0.3 is 10.0 Å². The Morgan fingerprint density at radius 1 is 1.22 bits per heavy atom. The van der Waals surface area contributed by atoms with Gasteiger partial charge in [-0.2, -0.15) is 0 Å². The maximum absolute atomic E-state index is 12.2. The highest BCUT2D eigenvalue weighted by Crippen LogP contribution is 2.52. The predicted octanol–water partition coefficient (Wildman–Crippen LogP) is 0.651. The van der Waals surface area contributed by atoms with Gasteiger partial charge in [0.1, 0.15) is 0 Å². The van der Waals surface area contributed by atoms with E-state index in [0.29, 0.717) is 13.1 Å². The third kappa shape index (κ3) is 3.02. The van der Waals surface area contributed by atoms with Crippen LogP contribution in [0.5, 0.6) is 0 Å². The summed E-state index contributed by atoms with van der Waals surface area (Å²) in [4.78, 5) is 26.8. The molecule has 1 saturated carbocycles. The van der Waals surface area contributed by atoms with Crippen LogP contribution in [0.3, 0.4) is 0 Å². The van der Waals surface area contributed by atoms with Crippen LogP contribution in [-0.2, 0) is 9.59 Å². The standard InChI is InChI=1S/C13H22N2O3/c1-13(2)8-10(13)12(18)15-5-3-4-14(6-7-15)9-11(16)17/h10H,3-9H2,1-2H3,(H,16,17). The number of aliphatic carboxylic acids is 1. The lowest BCUT2D eigenvalue weighted by molar-refractivity contribution is -0.138. The highest BCUT2D eigenvalue weighted by Gasteiger charge is 2.51. The van der Waals surface area contributed by atoms with Gasteiger partial charge in [-0.1, -0.05) is 13.8 Å². The first-order valence-electron chi connectivity index (χ1n) is 6.63. The Labute approximate surface area is 108 Å². The zero-order chi connectivity index (χ0) is 13.3. The van der Waals surface area contributed by atoms with Gasteiger partial charge in [-0.15, -0.1) is 0 Å². The lowest BCUT2D eigenvalue weighted by Crippen LogP contribution is -2.37. The molecule has 0 aromatic heterocycles. The lowest BCUT2D eigenvalue weighted by atomic mass is 10.1. The van der Waals surface area contributed by atoms with Crippen molar-refractivity contribution in [3.05, 3.63) is 0 Å². The average Bonchev–Trinajstić information content (AvgIpc) is 2.95. The van der Waals surface area contributed by atoms with Crippen LogP contribution in [0.1, 0.15) is 26.7 Å². The van der Waals surface area contributed by atoms with Crippen molar-refractivity contribution in [1.82, 2.24) is 9.80 Å². The van der Waals surface area contributed by atoms with Crippen LogP contribution < -0.4 is 0 Å². The van der Waals surface area contributed by atoms with E-state index in [4.69, 9.17) is 5.11 Å². The van der Waals surface area contributed by atoms with Crippen LogP contribution >= 0.6 is 0 Å². The lowest BCUT2D eigenvalue weighted by Gasteiger charge is -2.22. The smallest absolute Gasteiger partial charge is 0.317 e. The summed E-state index contributed by atoms with van der Waals surface area (Å²) in [6.07, 6.45) is 1.85. The molecule has 102 valence electrons. The van der Waals surface area contributed by atoms with Crippen molar-refractivity contribution in [2.24, 2.45) is 11.3 Å². The molecule has 2 fully saturated rings. The van der Waals surface area contributed by atoms with Gasteiger partial charge in [0, 0.05) is 32.1 Å². The van der Waals surface area contributed by atoms with E-state index >= 15 is 0 Å². The fraction of sp³-hybridized carbons (Fsp3) is 0.846. The monoisotopic (exact) mass is 254 g/mol. The molecule has 1 unspecified atom stereocenters. The number of hydrogen-bond donors (Lipinski definition) is 1. The van der Waals surface area contributed by atoms with E-state index < -0.39 is 5.97 Å². The summed E-state index contributed by atoms with van der Waals surface area (Å²) < 4.78 is 0. The molecule has 1 saturated heterocycles. The summed E-state index contributed by atoms with van der Waals surface area (Å²) in [5, 5.41) is 8.78. The Bertz CT molecular complexity index is 354. The summed E-state index contributed by atoms with van der Waals surface area (Å²) in [5.41, 5.74) is 0.171. The van der Waals surface area contributed by atoms with Crippen molar-refractivity contribution in [2.75, 3.05) is 32.7 Å². The molecular formula is C13H22N2O3. The van der Waals surface area contributed by atoms with E-state index in [1.807, 2.05) is 9.80 Å². The Morgan fingerprint density at radius 2 is 1.89 bits per heavy atom. The Morgan fingerprint density at radius 3 is 2.44 bits per heavy atom. The van der Waals surface area contributed by atoms with Gasteiger partial charge in [0.05, 0.1) is 6.54 Å². The predicted molar refractivity (Wildman–Crippen MR) is 67.2 cm³/mol. The van der Waals surface area contributed by atoms with Gasteiger partial charge in [0.25, 0.3) is 0 Å². The van der Waals surface area contributed by atoms with E-state index in [1.165, 1.54) is 0 Å². The van der Waals surface area contributed by atoms with Gasteiger partial charge in [-0.25, -0.2) is 0 Å². The molecular weight excluding hydrogens is 232 g/mol. The number of carboxylic acids is 1. The highest BCUT2D eigenvalue weighted by atomic mass is 16.4. The molecule has 5 heteroatoms. The molecule has 2 rings (SSSR count). The SMILES string of the molecule is CC1(C)CC1C(=O)N1CCCN(CC(=O)O)CC1. The van der Waals surface area contributed by atoms with Crippen LogP contribution in [0.15, 0.2) is 0 Å². The topological polar surface area (TPSA) is 60.9 Å². The highest BCUT2D eigenvalue weighted by molar-refractivity contribution is 5.82. The number of carboxylic acid groups (broad SMARTS) is 1. The van der Waals surface area contributed by atoms with Crippen molar-refractivity contribution < 1.29 is 14.7 Å². The van der Waals surface area contributed by atoms with Crippen LogP contribution in [0.4, 0.5) is 0 Å². The second-order valence-corrected chi connectivity index (χ2v) is 6.09. The minimum absolute atomic E-state index is 0.0803. The summed E-state index contributed by atoms with van der Waals surface area (Å²) in [7, 11) is 0. The van der Waals surface area contributed by atoms with Crippen LogP contribution in [-0.4, -0.2) is 59.5 Å². The average molecular weight is 254 g/mol. The molecule has 0 aromatic carbocycles. The van der Waals surface area contributed by atoms with Crippen LogP contribution in [0, 0.1) is 11.3 Å². The Hall–Kier alpha value is -1.10. The zero-order valence-corrected chi connectivity index (χ0v) is 11.2. The minimum Gasteiger partial charge on any atom is -0.480 e. The molecule has 0 aromatic rings. The van der Waals surface area contributed by atoms with Gasteiger partial charge in [0.2, 0.25) is 5.91 Å². The second kappa shape index (κ2) is 4.88. The first-order valence-corrected chi connectivity index (χ1v) is 6.63.